The average molecular weight is 180 g/mol. The number of aliphatic imine (C=N–C) groups is 1. The molecule has 0 fully saturated rings. The molecule has 1 rings (SSSR count). The number of hydrogen-bond donors (Lipinski definition) is 1. The highest BCUT2D eigenvalue weighted by Crippen LogP contribution is 1.84. The number of amides is 1. The van der Waals surface area contributed by atoms with Crippen molar-refractivity contribution >= 4 is 12.4 Å². The summed E-state index contributed by atoms with van der Waals surface area (Å²) in [6.07, 6.45) is 5.93. The van der Waals surface area contributed by atoms with Crippen LogP contribution in [0.5, 0.6) is 0 Å². The van der Waals surface area contributed by atoms with E-state index in [1.807, 2.05) is 13.8 Å². The van der Waals surface area contributed by atoms with Crippen LogP contribution in [0.4, 0.5) is 4.79 Å². The van der Waals surface area contributed by atoms with Crippen molar-refractivity contribution in [1.82, 2.24) is 14.9 Å². The molecular formula is C8H12N4O. The van der Waals surface area contributed by atoms with E-state index in [-0.39, 0.29) is 12.1 Å². The largest absolute Gasteiger partial charge is 0.331 e. The molecule has 0 saturated carbocycles. The first-order chi connectivity index (χ1) is 6.20. The fourth-order valence-corrected chi connectivity index (χ4v) is 0.695. The molecule has 1 aromatic rings. The Labute approximate surface area is 76.5 Å². The molecule has 0 aliphatic rings. The fourth-order valence-electron chi connectivity index (χ4n) is 0.695. The van der Waals surface area contributed by atoms with Crippen molar-refractivity contribution in [2.75, 3.05) is 0 Å². The summed E-state index contributed by atoms with van der Waals surface area (Å²) in [6.45, 7) is 3.86. The molecule has 0 aliphatic heterocycles. The molecule has 70 valence electrons. The van der Waals surface area contributed by atoms with Crippen LogP contribution in [0.15, 0.2) is 23.7 Å². The third-order valence-electron chi connectivity index (χ3n) is 1.30. The van der Waals surface area contributed by atoms with Crippen molar-refractivity contribution < 1.29 is 4.79 Å². The summed E-state index contributed by atoms with van der Waals surface area (Å²) < 4.78 is 1.34. The standard InChI is InChI=1S/C8H12N4O/c1-7(2)10-5-11-8(13)12-4-3-9-6-12/h3-7H,1-2H3,(H,10,11,13). The maximum atomic E-state index is 11.2. The van der Waals surface area contributed by atoms with Crippen LogP contribution in [0.25, 0.3) is 0 Å². The van der Waals surface area contributed by atoms with Crippen LogP contribution in [0, 0.1) is 0 Å². The Balaban J connectivity index is 2.43. The van der Waals surface area contributed by atoms with Crippen molar-refractivity contribution in [2.45, 2.75) is 19.9 Å². The van der Waals surface area contributed by atoms with Gasteiger partial charge < -0.3 is 0 Å². The zero-order chi connectivity index (χ0) is 9.68. The zero-order valence-electron chi connectivity index (χ0n) is 7.64. The Kier molecular flexibility index (Phi) is 3.19. The molecule has 1 aromatic heterocycles. The number of hydrogen-bond acceptors (Lipinski definition) is 3. The van der Waals surface area contributed by atoms with Gasteiger partial charge in [0.1, 0.15) is 6.33 Å². The van der Waals surface area contributed by atoms with Gasteiger partial charge in [0, 0.05) is 18.4 Å². The summed E-state index contributed by atoms with van der Waals surface area (Å²) in [6, 6.07) is -0.0787. The van der Waals surface area contributed by atoms with Crippen molar-refractivity contribution in [1.29, 1.82) is 0 Å². The first-order valence-electron chi connectivity index (χ1n) is 4.00. The molecule has 0 saturated heterocycles. The summed E-state index contributed by atoms with van der Waals surface area (Å²) >= 11 is 0. The van der Waals surface area contributed by atoms with Gasteiger partial charge in [0.15, 0.2) is 0 Å². The summed E-state index contributed by atoms with van der Waals surface area (Å²) in [5, 5.41) is 2.51. The van der Waals surface area contributed by atoms with Gasteiger partial charge in [0.05, 0.1) is 6.34 Å². The molecule has 0 unspecified atom stereocenters. The predicted octanol–water partition coefficient (Wildman–Crippen LogP) is 0.877. The lowest BCUT2D eigenvalue weighted by atomic mass is 10.4. The van der Waals surface area contributed by atoms with Crippen LogP contribution in [-0.2, 0) is 0 Å². The van der Waals surface area contributed by atoms with Gasteiger partial charge in [-0.25, -0.2) is 9.78 Å². The van der Waals surface area contributed by atoms with Crippen molar-refractivity contribution in [3.8, 4) is 0 Å². The first kappa shape index (κ1) is 9.44. The van der Waals surface area contributed by atoms with E-state index in [1.54, 1.807) is 12.4 Å². The molecule has 5 heteroatoms. The maximum absolute atomic E-state index is 11.2. The number of rotatable bonds is 2. The van der Waals surface area contributed by atoms with Crippen molar-refractivity contribution in [2.24, 2.45) is 4.99 Å². The summed E-state index contributed by atoms with van der Waals surface area (Å²) in [4.78, 5) is 18.9. The smallest absolute Gasteiger partial charge is 0.298 e. The number of imidazole rings is 1. The normalized spacial score (nSPS) is 11.0. The highest BCUT2D eigenvalue weighted by atomic mass is 16.2. The minimum Gasteiger partial charge on any atom is -0.298 e. The lowest BCUT2D eigenvalue weighted by molar-refractivity contribution is 0.247. The van der Waals surface area contributed by atoms with E-state index in [2.05, 4.69) is 15.3 Å². The van der Waals surface area contributed by atoms with Gasteiger partial charge >= 0.3 is 6.03 Å². The third kappa shape index (κ3) is 3.06. The summed E-state index contributed by atoms with van der Waals surface area (Å²) in [5.41, 5.74) is 0. The number of nitrogens with zero attached hydrogens (tertiary/aromatic N) is 3. The van der Waals surface area contributed by atoms with Gasteiger partial charge in [0.2, 0.25) is 0 Å². The Bertz CT molecular complexity index is 289. The van der Waals surface area contributed by atoms with Gasteiger partial charge in [-0.3, -0.25) is 14.9 Å². The zero-order valence-corrected chi connectivity index (χ0v) is 7.64. The number of carbonyl (C=O) groups is 1. The quantitative estimate of drug-likeness (QED) is 0.542. The number of nitrogens with one attached hydrogen (secondary N) is 1. The van der Waals surface area contributed by atoms with Gasteiger partial charge in [-0.05, 0) is 13.8 Å². The van der Waals surface area contributed by atoms with E-state index >= 15 is 0 Å². The third-order valence-corrected chi connectivity index (χ3v) is 1.30. The molecule has 1 heterocycles. The summed E-state index contributed by atoms with van der Waals surface area (Å²) in [5.74, 6) is 0. The molecule has 0 bridgehead atoms. The molecule has 0 spiro atoms. The van der Waals surface area contributed by atoms with Crippen LogP contribution in [-0.4, -0.2) is 28.0 Å². The topological polar surface area (TPSA) is 59.3 Å². The van der Waals surface area contributed by atoms with Gasteiger partial charge in [0.25, 0.3) is 0 Å². The van der Waals surface area contributed by atoms with E-state index in [4.69, 9.17) is 0 Å². The van der Waals surface area contributed by atoms with Crippen LogP contribution in [0.1, 0.15) is 13.8 Å². The fraction of sp³-hybridized carbons (Fsp3) is 0.375. The molecular weight excluding hydrogens is 168 g/mol. The van der Waals surface area contributed by atoms with Gasteiger partial charge in [-0.15, -0.1) is 0 Å². The first-order valence-corrected chi connectivity index (χ1v) is 4.00. The summed E-state index contributed by atoms with van der Waals surface area (Å²) in [7, 11) is 0. The molecule has 0 radical (unpaired) electrons. The van der Waals surface area contributed by atoms with Crippen LogP contribution in [0.2, 0.25) is 0 Å². The van der Waals surface area contributed by atoms with Crippen LogP contribution < -0.4 is 5.32 Å². The number of carbonyl (C=O) groups excluding carboxylic acids is 1. The Morgan fingerprint density at radius 2 is 2.46 bits per heavy atom. The second-order valence-corrected chi connectivity index (χ2v) is 2.79. The highest BCUT2D eigenvalue weighted by Gasteiger charge is 1.98. The van der Waals surface area contributed by atoms with Gasteiger partial charge in [-0.2, -0.15) is 0 Å². The molecule has 13 heavy (non-hydrogen) atoms. The minimum atomic E-state index is -0.262. The van der Waals surface area contributed by atoms with Crippen molar-refractivity contribution in [3.63, 3.8) is 0 Å². The molecule has 5 nitrogen and oxygen atoms in total. The van der Waals surface area contributed by atoms with Gasteiger partial charge in [-0.1, -0.05) is 0 Å². The SMILES string of the molecule is CC(C)N=CNC(=O)n1ccnc1. The van der Waals surface area contributed by atoms with Crippen LogP contribution >= 0.6 is 0 Å². The maximum Gasteiger partial charge on any atom is 0.331 e. The average Bonchev–Trinajstić information content (AvgIpc) is 2.55. The van der Waals surface area contributed by atoms with E-state index in [0.29, 0.717) is 0 Å². The molecule has 0 aromatic carbocycles. The molecule has 0 aliphatic carbocycles. The Morgan fingerprint density at radius 1 is 1.69 bits per heavy atom. The van der Waals surface area contributed by atoms with E-state index < -0.39 is 0 Å². The monoisotopic (exact) mass is 180 g/mol. The second kappa shape index (κ2) is 4.39. The molecule has 1 amide bonds. The molecule has 0 atom stereocenters. The van der Waals surface area contributed by atoms with E-state index in [1.165, 1.54) is 17.2 Å². The Hall–Kier alpha value is -1.65. The van der Waals surface area contributed by atoms with E-state index in [0.717, 1.165) is 0 Å². The van der Waals surface area contributed by atoms with Crippen molar-refractivity contribution in [3.05, 3.63) is 18.7 Å². The Morgan fingerprint density at radius 3 is 3.00 bits per heavy atom. The molecule has 1 N–H and O–H groups in total. The number of aromatic nitrogens is 2. The lowest BCUT2D eigenvalue weighted by Gasteiger charge is -1.99. The predicted molar refractivity (Wildman–Crippen MR) is 49.8 cm³/mol. The highest BCUT2D eigenvalue weighted by molar-refractivity contribution is 5.87. The van der Waals surface area contributed by atoms with Crippen LogP contribution in [0.3, 0.4) is 0 Å². The minimum absolute atomic E-state index is 0.183. The second-order valence-electron chi connectivity index (χ2n) is 2.79. The lowest BCUT2D eigenvalue weighted by Crippen LogP contribution is -2.26. The van der Waals surface area contributed by atoms with E-state index in [9.17, 15) is 4.79 Å².